The number of halogens is 3. The first-order valence-electron chi connectivity index (χ1n) is 5.13. The van der Waals surface area contributed by atoms with Crippen molar-refractivity contribution in [3.05, 3.63) is 57.3 Å². The molecule has 0 fully saturated rings. The van der Waals surface area contributed by atoms with E-state index in [0.29, 0.717) is 11.5 Å². The van der Waals surface area contributed by atoms with Crippen molar-refractivity contribution < 1.29 is 19.0 Å². The molecule has 0 aliphatic carbocycles. The van der Waals surface area contributed by atoms with Crippen LogP contribution in [0.2, 0.25) is 5.02 Å². The Balaban J connectivity index is 2.26. The van der Waals surface area contributed by atoms with Gasteiger partial charge in [0.25, 0.3) is 0 Å². The zero-order valence-electron chi connectivity index (χ0n) is 9.36. The molecule has 6 heteroatoms. The molecule has 2 rings (SSSR count). The SMILES string of the molecule is O=C(O)c1ccc(Oc2ccc(F)c(Br)c2)cc1Cl. The van der Waals surface area contributed by atoms with E-state index in [9.17, 15) is 9.18 Å². The number of benzene rings is 2. The Morgan fingerprint density at radius 2 is 1.84 bits per heavy atom. The fourth-order valence-corrected chi connectivity index (χ4v) is 2.02. The predicted molar refractivity (Wildman–Crippen MR) is 72.6 cm³/mol. The summed E-state index contributed by atoms with van der Waals surface area (Å²) in [7, 11) is 0. The number of carboxylic acids is 1. The number of hydrogen-bond acceptors (Lipinski definition) is 2. The molecule has 0 unspecified atom stereocenters. The Morgan fingerprint density at radius 3 is 2.42 bits per heavy atom. The van der Waals surface area contributed by atoms with Gasteiger partial charge in [-0.15, -0.1) is 0 Å². The van der Waals surface area contributed by atoms with Crippen molar-refractivity contribution in [2.45, 2.75) is 0 Å². The molecule has 0 aliphatic heterocycles. The fourth-order valence-electron chi connectivity index (χ4n) is 1.41. The Kier molecular flexibility index (Phi) is 4.07. The van der Waals surface area contributed by atoms with E-state index in [1.165, 1.54) is 36.4 Å². The summed E-state index contributed by atoms with van der Waals surface area (Å²) in [5.41, 5.74) is -0.00527. The third kappa shape index (κ3) is 3.24. The molecule has 98 valence electrons. The van der Waals surface area contributed by atoms with Gasteiger partial charge in [-0.1, -0.05) is 11.6 Å². The molecule has 0 saturated carbocycles. The number of aromatic carboxylic acids is 1. The monoisotopic (exact) mass is 344 g/mol. The predicted octanol–water partition coefficient (Wildman–Crippen LogP) is 4.73. The number of hydrogen-bond donors (Lipinski definition) is 1. The van der Waals surface area contributed by atoms with E-state index in [0.717, 1.165) is 0 Å². The molecule has 3 nitrogen and oxygen atoms in total. The van der Waals surface area contributed by atoms with E-state index in [4.69, 9.17) is 21.4 Å². The van der Waals surface area contributed by atoms with Gasteiger partial charge in [0.15, 0.2) is 0 Å². The lowest BCUT2D eigenvalue weighted by molar-refractivity contribution is 0.0697. The fraction of sp³-hybridized carbons (Fsp3) is 0. The van der Waals surface area contributed by atoms with Gasteiger partial charge in [-0.3, -0.25) is 0 Å². The van der Waals surface area contributed by atoms with Crippen molar-refractivity contribution in [3.8, 4) is 11.5 Å². The van der Waals surface area contributed by atoms with Crippen LogP contribution in [0.25, 0.3) is 0 Å². The maximum Gasteiger partial charge on any atom is 0.337 e. The van der Waals surface area contributed by atoms with Gasteiger partial charge < -0.3 is 9.84 Å². The van der Waals surface area contributed by atoms with Crippen LogP contribution >= 0.6 is 27.5 Å². The Morgan fingerprint density at radius 1 is 1.21 bits per heavy atom. The second-order valence-corrected chi connectivity index (χ2v) is 4.89. The smallest absolute Gasteiger partial charge is 0.337 e. The molecule has 0 aromatic heterocycles. The summed E-state index contributed by atoms with van der Waals surface area (Å²) in [5.74, 6) is -0.728. The van der Waals surface area contributed by atoms with Crippen LogP contribution in [0, 0.1) is 5.82 Å². The molecular formula is C13H7BrClFO3. The lowest BCUT2D eigenvalue weighted by atomic mass is 10.2. The zero-order chi connectivity index (χ0) is 14.0. The maximum atomic E-state index is 13.1. The molecule has 19 heavy (non-hydrogen) atoms. The molecule has 0 bridgehead atoms. The van der Waals surface area contributed by atoms with Crippen molar-refractivity contribution >= 4 is 33.5 Å². The van der Waals surface area contributed by atoms with Crippen LogP contribution < -0.4 is 4.74 Å². The van der Waals surface area contributed by atoms with E-state index in [-0.39, 0.29) is 15.1 Å². The minimum Gasteiger partial charge on any atom is -0.478 e. The molecule has 0 heterocycles. The minimum atomic E-state index is -1.11. The van der Waals surface area contributed by atoms with Gasteiger partial charge in [0.1, 0.15) is 17.3 Å². The van der Waals surface area contributed by atoms with Crippen molar-refractivity contribution in [2.75, 3.05) is 0 Å². The highest BCUT2D eigenvalue weighted by molar-refractivity contribution is 9.10. The van der Waals surface area contributed by atoms with Crippen LogP contribution in [0.5, 0.6) is 11.5 Å². The van der Waals surface area contributed by atoms with Gasteiger partial charge in [-0.05, 0) is 46.3 Å². The van der Waals surface area contributed by atoms with E-state index < -0.39 is 11.8 Å². The molecule has 2 aromatic carbocycles. The molecule has 2 aromatic rings. The molecule has 0 amide bonds. The second kappa shape index (κ2) is 5.59. The van der Waals surface area contributed by atoms with Crippen molar-refractivity contribution in [3.63, 3.8) is 0 Å². The summed E-state index contributed by atoms with van der Waals surface area (Å²) in [5, 5.41) is 8.92. The average Bonchev–Trinajstić information content (AvgIpc) is 2.33. The highest BCUT2D eigenvalue weighted by atomic mass is 79.9. The average molecular weight is 346 g/mol. The first-order valence-corrected chi connectivity index (χ1v) is 6.30. The van der Waals surface area contributed by atoms with E-state index >= 15 is 0 Å². The molecule has 0 saturated heterocycles. The van der Waals surface area contributed by atoms with Crippen molar-refractivity contribution in [2.24, 2.45) is 0 Å². The number of carboxylic acid groups (broad SMARTS) is 1. The zero-order valence-corrected chi connectivity index (χ0v) is 11.7. The Labute approximate surface area is 121 Å². The van der Waals surface area contributed by atoms with Crippen molar-refractivity contribution in [1.29, 1.82) is 0 Å². The largest absolute Gasteiger partial charge is 0.478 e. The van der Waals surface area contributed by atoms with Crippen LogP contribution in [-0.4, -0.2) is 11.1 Å². The molecule has 0 radical (unpaired) electrons. The minimum absolute atomic E-state index is 0.00527. The Hall–Kier alpha value is -1.59. The lowest BCUT2D eigenvalue weighted by Crippen LogP contribution is -1.97. The van der Waals surface area contributed by atoms with Crippen LogP contribution in [0.15, 0.2) is 40.9 Å². The quantitative estimate of drug-likeness (QED) is 0.874. The summed E-state index contributed by atoms with van der Waals surface area (Å²) in [6.07, 6.45) is 0. The highest BCUT2D eigenvalue weighted by Crippen LogP contribution is 2.29. The second-order valence-electron chi connectivity index (χ2n) is 3.62. The summed E-state index contributed by atoms with van der Waals surface area (Å²) >= 11 is 8.86. The summed E-state index contributed by atoms with van der Waals surface area (Å²) in [6.45, 7) is 0. The standard InChI is InChI=1S/C13H7BrClFO3/c14-10-5-7(2-4-12(10)16)19-8-1-3-9(13(17)18)11(15)6-8/h1-6H,(H,17,18). The van der Waals surface area contributed by atoms with Gasteiger partial charge in [-0.25, -0.2) is 9.18 Å². The van der Waals surface area contributed by atoms with Crippen LogP contribution in [0.1, 0.15) is 10.4 Å². The molecule has 0 aliphatic rings. The summed E-state index contributed by atoms with van der Waals surface area (Å²) in [4.78, 5) is 10.8. The first-order chi connectivity index (χ1) is 8.97. The summed E-state index contributed by atoms with van der Waals surface area (Å²) < 4.78 is 18.8. The van der Waals surface area contributed by atoms with Gasteiger partial charge in [0.2, 0.25) is 0 Å². The third-order valence-electron chi connectivity index (χ3n) is 2.30. The molecular weight excluding hydrogens is 338 g/mol. The number of rotatable bonds is 3. The number of ether oxygens (including phenoxy) is 1. The van der Waals surface area contributed by atoms with Gasteiger partial charge >= 0.3 is 5.97 Å². The van der Waals surface area contributed by atoms with Gasteiger partial charge in [0, 0.05) is 6.07 Å². The Bertz CT molecular complexity index is 646. The normalized spacial score (nSPS) is 10.3. The van der Waals surface area contributed by atoms with Crippen LogP contribution in [0.4, 0.5) is 4.39 Å². The van der Waals surface area contributed by atoms with Crippen molar-refractivity contribution in [1.82, 2.24) is 0 Å². The van der Waals surface area contributed by atoms with E-state index in [2.05, 4.69) is 15.9 Å². The topological polar surface area (TPSA) is 46.5 Å². The van der Waals surface area contributed by atoms with Gasteiger partial charge in [0.05, 0.1) is 15.1 Å². The molecule has 1 N–H and O–H groups in total. The lowest BCUT2D eigenvalue weighted by Gasteiger charge is -2.07. The maximum absolute atomic E-state index is 13.1. The summed E-state index contributed by atoms with van der Waals surface area (Å²) in [6, 6.07) is 8.40. The molecule has 0 atom stereocenters. The first kappa shape index (κ1) is 13.8. The highest BCUT2D eigenvalue weighted by Gasteiger charge is 2.10. The van der Waals surface area contributed by atoms with Gasteiger partial charge in [-0.2, -0.15) is 0 Å². The van der Waals surface area contributed by atoms with E-state index in [1.54, 1.807) is 0 Å². The van der Waals surface area contributed by atoms with E-state index in [1.807, 2.05) is 0 Å². The third-order valence-corrected chi connectivity index (χ3v) is 3.22. The molecule has 0 spiro atoms. The van der Waals surface area contributed by atoms with Crippen LogP contribution in [-0.2, 0) is 0 Å². The number of carbonyl (C=O) groups is 1. The van der Waals surface area contributed by atoms with Crippen LogP contribution in [0.3, 0.4) is 0 Å².